The molecule has 0 aliphatic carbocycles. The molecule has 1 aliphatic heterocycles. The molecule has 7 nitrogen and oxygen atoms in total. The van der Waals surface area contributed by atoms with Crippen LogP contribution in [-0.4, -0.2) is 44.5 Å². The van der Waals surface area contributed by atoms with E-state index in [9.17, 15) is 19.2 Å². The van der Waals surface area contributed by atoms with Gasteiger partial charge >= 0.3 is 0 Å². The molecule has 0 radical (unpaired) electrons. The van der Waals surface area contributed by atoms with Crippen molar-refractivity contribution in [2.75, 3.05) is 6.54 Å². The minimum absolute atomic E-state index is 0.0217. The van der Waals surface area contributed by atoms with Crippen molar-refractivity contribution in [3.8, 4) is 17.2 Å². The van der Waals surface area contributed by atoms with E-state index in [0.717, 1.165) is 16.8 Å². The molecule has 3 heterocycles. The van der Waals surface area contributed by atoms with E-state index in [-0.39, 0.29) is 37.5 Å². The molecule has 0 saturated carbocycles. The van der Waals surface area contributed by atoms with Gasteiger partial charge in [0, 0.05) is 42.0 Å². The Labute approximate surface area is 197 Å². The maximum atomic E-state index is 14.7. The Balaban J connectivity index is 1.58. The molecule has 1 unspecified atom stereocenters. The van der Waals surface area contributed by atoms with Crippen molar-refractivity contribution in [2.24, 2.45) is 0 Å². The van der Waals surface area contributed by atoms with Gasteiger partial charge in [-0.15, -0.1) is 0 Å². The number of fused-ring (bicyclic) bond motifs is 1. The van der Waals surface area contributed by atoms with Crippen LogP contribution in [0.2, 0.25) is 0 Å². The van der Waals surface area contributed by atoms with Crippen molar-refractivity contribution in [1.82, 2.24) is 15.0 Å². The first kappa shape index (κ1) is 23.6. The second-order valence-electron chi connectivity index (χ2n) is 9.28. The maximum absolute atomic E-state index is 14.7. The molecular weight excluding hydrogens is 435 g/mol. The lowest BCUT2D eigenvalue weighted by Crippen LogP contribution is -2.46. The molecule has 1 fully saturated rings. The second kappa shape index (κ2) is 8.64. The number of pyridine rings is 1. The van der Waals surface area contributed by atoms with E-state index in [4.69, 9.17) is 4.52 Å². The summed E-state index contributed by atoms with van der Waals surface area (Å²) in [4.78, 5) is 31.8. The molecule has 3 aromatic rings. The highest BCUT2D eigenvalue weighted by atomic mass is 19.1. The molecule has 1 aromatic carbocycles. The predicted molar refractivity (Wildman–Crippen MR) is 125 cm³/mol. The summed E-state index contributed by atoms with van der Waals surface area (Å²) in [5.74, 6) is 0.0902. The number of hydrogen-bond acceptors (Lipinski definition) is 6. The SMILES string of the molecule is CC[C@@]1(C#N)CC(C)(F)CN1C(=O)CCC(=O)c1ccnc2ccc(-c3c(C)noc3C)cc12. The highest BCUT2D eigenvalue weighted by Gasteiger charge is 2.53. The number of alkyl halides is 1. The third kappa shape index (κ3) is 4.07. The van der Waals surface area contributed by atoms with Gasteiger partial charge in [-0.3, -0.25) is 14.6 Å². The first-order valence-corrected chi connectivity index (χ1v) is 11.4. The monoisotopic (exact) mass is 462 g/mol. The molecule has 34 heavy (non-hydrogen) atoms. The van der Waals surface area contributed by atoms with Crippen LogP contribution in [0.5, 0.6) is 0 Å². The molecule has 1 amide bonds. The van der Waals surface area contributed by atoms with E-state index < -0.39 is 11.2 Å². The van der Waals surface area contributed by atoms with E-state index in [1.54, 1.807) is 19.2 Å². The zero-order valence-electron chi connectivity index (χ0n) is 19.8. The Morgan fingerprint density at radius 2 is 2.03 bits per heavy atom. The number of Topliss-reactive ketones (excluding diaryl/α,β-unsaturated/α-hetero) is 1. The number of nitriles is 1. The number of halogens is 1. The first-order chi connectivity index (χ1) is 16.1. The smallest absolute Gasteiger partial charge is 0.224 e. The predicted octanol–water partition coefficient (Wildman–Crippen LogP) is 5.10. The van der Waals surface area contributed by atoms with E-state index in [0.29, 0.717) is 28.6 Å². The summed E-state index contributed by atoms with van der Waals surface area (Å²) in [6, 6.07) is 9.43. The number of rotatable bonds is 6. The van der Waals surface area contributed by atoms with Crippen LogP contribution in [0.15, 0.2) is 35.0 Å². The standard InChI is InChI=1S/C26H27FN4O3/c1-5-26(14-28)13-25(4,27)15-31(26)23(33)9-8-22(32)19-10-11-29-21-7-6-18(12-20(19)21)24-16(2)30-34-17(24)3/h6-7,10-12H,5,8-9,13,15H2,1-4H3/t25?,26-/m0/s1. The Bertz CT molecular complexity index is 1300. The van der Waals surface area contributed by atoms with Crippen LogP contribution in [0.25, 0.3) is 22.0 Å². The Kier molecular flexibility index (Phi) is 5.98. The number of likely N-dealkylation sites (tertiary alicyclic amines) is 1. The molecule has 4 rings (SSSR count). The molecule has 0 N–H and O–H groups in total. The van der Waals surface area contributed by atoms with Crippen LogP contribution < -0.4 is 0 Å². The number of nitrogens with zero attached hydrogens (tertiary/aromatic N) is 4. The van der Waals surface area contributed by atoms with Crippen molar-refractivity contribution in [3.05, 3.63) is 47.5 Å². The van der Waals surface area contributed by atoms with Gasteiger partial charge < -0.3 is 9.42 Å². The summed E-state index contributed by atoms with van der Waals surface area (Å²) in [6.45, 7) is 6.73. The third-order valence-corrected chi connectivity index (χ3v) is 6.69. The molecular formula is C26H27FN4O3. The van der Waals surface area contributed by atoms with Gasteiger partial charge in [0.25, 0.3) is 0 Å². The number of ketones is 1. The number of hydrogen-bond donors (Lipinski definition) is 0. The Morgan fingerprint density at radius 3 is 2.68 bits per heavy atom. The van der Waals surface area contributed by atoms with Gasteiger partial charge in [-0.05, 0) is 51.0 Å². The van der Waals surface area contributed by atoms with Crippen LogP contribution in [-0.2, 0) is 4.79 Å². The number of benzene rings is 1. The molecule has 1 aliphatic rings. The molecule has 2 atom stereocenters. The van der Waals surface area contributed by atoms with Crippen molar-refractivity contribution in [3.63, 3.8) is 0 Å². The molecule has 2 aromatic heterocycles. The first-order valence-electron chi connectivity index (χ1n) is 11.4. The van der Waals surface area contributed by atoms with E-state index in [2.05, 4.69) is 16.2 Å². The summed E-state index contributed by atoms with van der Waals surface area (Å²) in [5, 5.41) is 14.4. The second-order valence-corrected chi connectivity index (χ2v) is 9.28. The average molecular weight is 463 g/mol. The molecule has 1 saturated heterocycles. The van der Waals surface area contributed by atoms with Gasteiger partial charge in [-0.25, -0.2) is 4.39 Å². The van der Waals surface area contributed by atoms with Crippen molar-refractivity contribution in [1.29, 1.82) is 5.26 Å². The number of carbonyl (C=O) groups excluding carboxylic acids is 2. The van der Waals surface area contributed by atoms with Crippen molar-refractivity contribution in [2.45, 2.75) is 64.6 Å². The van der Waals surface area contributed by atoms with Crippen LogP contribution in [0.1, 0.15) is 61.3 Å². The van der Waals surface area contributed by atoms with Gasteiger partial charge in [0.05, 0.1) is 23.8 Å². The van der Waals surface area contributed by atoms with Crippen LogP contribution in [0, 0.1) is 25.2 Å². The number of aromatic nitrogens is 2. The average Bonchev–Trinajstić information content (AvgIpc) is 3.31. The molecule has 176 valence electrons. The van der Waals surface area contributed by atoms with E-state index in [1.807, 2.05) is 32.0 Å². The topological polar surface area (TPSA) is 100 Å². The van der Waals surface area contributed by atoms with Crippen LogP contribution >= 0.6 is 0 Å². The fraction of sp³-hybridized carbons (Fsp3) is 0.423. The lowest BCUT2D eigenvalue weighted by atomic mass is 9.90. The van der Waals surface area contributed by atoms with Crippen molar-refractivity contribution >= 4 is 22.6 Å². The minimum atomic E-state index is -1.62. The summed E-state index contributed by atoms with van der Waals surface area (Å²) >= 11 is 0. The highest BCUT2D eigenvalue weighted by molar-refractivity contribution is 6.08. The summed E-state index contributed by atoms with van der Waals surface area (Å²) < 4.78 is 20.0. The van der Waals surface area contributed by atoms with E-state index in [1.165, 1.54) is 11.8 Å². The lowest BCUT2D eigenvalue weighted by Gasteiger charge is -2.31. The van der Waals surface area contributed by atoms with Gasteiger partial charge in [-0.1, -0.05) is 18.1 Å². The van der Waals surface area contributed by atoms with Crippen molar-refractivity contribution < 1.29 is 18.5 Å². The summed E-state index contributed by atoms with van der Waals surface area (Å²) in [7, 11) is 0. The highest BCUT2D eigenvalue weighted by Crippen LogP contribution is 2.40. The number of carbonyl (C=O) groups is 2. The zero-order chi connectivity index (χ0) is 24.7. The number of amides is 1. The number of aryl methyl sites for hydroxylation is 2. The van der Waals surface area contributed by atoms with Gasteiger partial charge in [0.15, 0.2) is 5.78 Å². The van der Waals surface area contributed by atoms with Gasteiger partial charge in [0.1, 0.15) is 17.0 Å². The summed E-state index contributed by atoms with van der Waals surface area (Å²) in [5.41, 5.74) is 0.817. The van der Waals surface area contributed by atoms with E-state index >= 15 is 0 Å². The summed E-state index contributed by atoms with van der Waals surface area (Å²) in [6.07, 6.45) is 1.75. The van der Waals surface area contributed by atoms with Crippen LogP contribution in [0.3, 0.4) is 0 Å². The normalized spacial score (nSPS) is 22.2. The molecule has 0 bridgehead atoms. The molecule has 8 heteroatoms. The minimum Gasteiger partial charge on any atom is -0.361 e. The van der Waals surface area contributed by atoms with Gasteiger partial charge in [-0.2, -0.15) is 5.26 Å². The Morgan fingerprint density at radius 1 is 1.26 bits per heavy atom. The quantitative estimate of drug-likeness (QED) is 0.472. The Hall–Kier alpha value is -3.60. The van der Waals surface area contributed by atoms with Gasteiger partial charge in [0.2, 0.25) is 5.91 Å². The van der Waals surface area contributed by atoms with Crippen LogP contribution in [0.4, 0.5) is 4.39 Å². The fourth-order valence-corrected chi connectivity index (χ4v) is 4.99. The maximum Gasteiger partial charge on any atom is 0.224 e. The molecule has 0 spiro atoms. The fourth-order valence-electron chi connectivity index (χ4n) is 4.99. The zero-order valence-corrected chi connectivity index (χ0v) is 19.8. The largest absolute Gasteiger partial charge is 0.361 e. The lowest BCUT2D eigenvalue weighted by molar-refractivity contribution is -0.134. The third-order valence-electron chi connectivity index (χ3n) is 6.69.